The lowest BCUT2D eigenvalue weighted by Gasteiger charge is -2.27. The molecule has 2 aliphatic heterocycles. The number of anilines is 1. The summed E-state index contributed by atoms with van der Waals surface area (Å²) < 4.78 is 0. The minimum atomic E-state index is -0.326. The van der Waals surface area contributed by atoms with E-state index in [0.29, 0.717) is 18.3 Å². The van der Waals surface area contributed by atoms with Gasteiger partial charge in [-0.05, 0) is 44.5 Å². The smallest absolute Gasteiger partial charge is 0.229 e. The van der Waals surface area contributed by atoms with Crippen molar-refractivity contribution in [1.82, 2.24) is 9.80 Å². The molecule has 2 heterocycles. The number of hydrogen-bond donors (Lipinski definition) is 2. The molecule has 1 aromatic carbocycles. The predicted octanol–water partition coefficient (Wildman–Crippen LogP) is 1.97. The molecule has 2 saturated heterocycles. The first-order chi connectivity index (χ1) is 12.0. The maximum Gasteiger partial charge on any atom is 0.229 e. The van der Waals surface area contributed by atoms with Gasteiger partial charge in [-0.1, -0.05) is 13.0 Å². The summed E-state index contributed by atoms with van der Waals surface area (Å²) in [6, 6.07) is 5.49. The van der Waals surface area contributed by atoms with Crippen molar-refractivity contribution >= 4 is 17.5 Å². The van der Waals surface area contributed by atoms with Crippen LogP contribution in [0.1, 0.15) is 31.7 Å². The number of carbonyl (C=O) groups is 2. The van der Waals surface area contributed by atoms with E-state index in [9.17, 15) is 14.7 Å². The highest BCUT2D eigenvalue weighted by Gasteiger charge is 2.36. The Balaban J connectivity index is 1.57. The number of carbonyl (C=O) groups excluding carboxylic acids is 2. The summed E-state index contributed by atoms with van der Waals surface area (Å²) in [7, 11) is 0. The Morgan fingerprint density at radius 2 is 2.20 bits per heavy atom. The van der Waals surface area contributed by atoms with E-state index in [4.69, 9.17) is 0 Å². The molecule has 25 heavy (non-hydrogen) atoms. The number of phenols is 1. The van der Waals surface area contributed by atoms with E-state index < -0.39 is 0 Å². The van der Waals surface area contributed by atoms with Gasteiger partial charge < -0.3 is 15.3 Å². The molecule has 2 unspecified atom stereocenters. The van der Waals surface area contributed by atoms with Gasteiger partial charge in [0.2, 0.25) is 11.8 Å². The third-order valence-corrected chi connectivity index (χ3v) is 5.40. The Morgan fingerprint density at radius 3 is 2.92 bits per heavy atom. The van der Waals surface area contributed by atoms with E-state index in [1.165, 1.54) is 6.42 Å². The second-order valence-corrected chi connectivity index (χ2v) is 7.11. The largest absolute Gasteiger partial charge is 0.508 e. The molecule has 1 aromatic rings. The highest BCUT2D eigenvalue weighted by Crippen LogP contribution is 2.25. The Labute approximate surface area is 148 Å². The van der Waals surface area contributed by atoms with Gasteiger partial charge in [-0.25, -0.2) is 0 Å². The Morgan fingerprint density at radius 1 is 1.40 bits per heavy atom. The van der Waals surface area contributed by atoms with E-state index in [1.807, 2.05) is 4.90 Å². The van der Waals surface area contributed by atoms with Crippen LogP contribution < -0.4 is 5.32 Å². The van der Waals surface area contributed by atoms with Crippen molar-refractivity contribution in [3.05, 3.63) is 23.8 Å². The average Bonchev–Trinajstić information content (AvgIpc) is 3.18. The maximum absolute atomic E-state index is 12.5. The van der Waals surface area contributed by atoms with Gasteiger partial charge >= 0.3 is 0 Å². The van der Waals surface area contributed by atoms with E-state index in [0.717, 1.165) is 31.6 Å². The van der Waals surface area contributed by atoms with Crippen molar-refractivity contribution in [2.24, 2.45) is 5.92 Å². The third kappa shape index (κ3) is 3.95. The Bertz CT molecular complexity index is 661. The fourth-order valence-corrected chi connectivity index (χ4v) is 3.83. The van der Waals surface area contributed by atoms with E-state index in [1.54, 1.807) is 25.1 Å². The lowest BCUT2D eigenvalue weighted by molar-refractivity contribution is -0.128. The van der Waals surface area contributed by atoms with E-state index in [-0.39, 0.29) is 29.9 Å². The number of aryl methyl sites for hydroxylation is 1. The molecular formula is C19H27N3O3. The monoisotopic (exact) mass is 345 g/mol. The van der Waals surface area contributed by atoms with E-state index in [2.05, 4.69) is 17.1 Å². The number of likely N-dealkylation sites (N-methyl/N-ethyl adjacent to an activating group) is 1. The van der Waals surface area contributed by atoms with Crippen molar-refractivity contribution in [1.29, 1.82) is 0 Å². The van der Waals surface area contributed by atoms with Crippen LogP contribution in [0.25, 0.3) is 0 Å². The molecule has 2 amide bonds. The molecule has 3 rings (SSSR count). The van der Waals surface area contributed by atoms with E-state index >= 15 is 0 Å². The molecular weight excluding hydrogens is 318 g/mol. The molecule has 0 spiro atoms. The minimum Gasteiger partial charge on any atom is -0.508 e. The summed E-state index contributed by atoms with van der Waals surface area (Å²) in [5, 5.41) is 12.6. The number of aromatic hydroxyl groups is 1. The Hall–Kier alpha value is -2.08. The zero-order chi connectivity index (χ0) is 18.0. The average molecular weight is 345 g/mol. The number of benzene rings is 1. The lowest BCUT2D eigenvalue weighted by Crippen LogP contribution is -2.41. The number of likely N-dealkylation sites (tertiary alicyclic amines) is 2. The molecule has 2 N–H and O–H groups in total. The molecule has 2 fully saturated rings. The minimum absolute atomic E-state index is 0.0647. The summed E-state index contributed by atoms with van der Waals surface area (Å²) in [5.41, 5.74) is 1.32. The summed E-state index contributed by atoms with van der Waals surface area (Å²) in [6.45, 7) is 7.27. The van der Waals surface area contributed by atoms with Crippen molar-refractivity contribution in [3.63, 3.8) is 0 Å². The number of rotatable bonds is 5. The normalized spacial score (nSPS) is 24.1. The number of phenolic OH excluding ortho intramolecular Hbond substituents is 1. The third-order valence-electron chi connectivity index (χ3n) is 5.40. The predicted molar refractivity (Wildman–Crippen MR) is 96.4 cm³/mol. The van der Waals surface area contributed by atoms with Crippen molar-refractivity contribution in [2.75, 3.05) is 31.5 Å². The molecule has 0 aromatic heterocycles. The van der Waals surface area contributed by atoms with Gasteiger partial charge in [0.05, 0.1) is 5.92 Å². The molecule has 0 aliphatic carbocycles. The first kappa shape index (κ1) is 17.7. The molecule has 0 bridgehead atoms. The van der Waals surface area contributed by atoms with Gasteiger partial charge in [0.25, 0.3) is 0 Å². The maximum atomic E-state index is 12.5. The SMILES string of the molecule is CCN1CCCC1CN1CC(C(=O)Nc2ccc(C)c(O)c2)CC1=O. The van der Waals surface area contributed by atoms with Crippen LogP contribution in [0.4, 0.5) is 5.69 Å². The van der Waals surface area contributed by atoms with Gasteiger partial charge in [0, 0.05) is 37.3 Å². The quantitative estimate of drug-likeness (QED) is 0.856. The van der Waals surface area contributed by atoms with Crippen LogP contribution in [-0.4, -0.2) is 58.9 Å². The first-order valence-corrected chi connectivity index (χ1v) is 9.10. The molecule has 2 atom stereocenters. The summed E-state index contributed by atoms with van der Waals surface area (Å²) in [6.07, 6.45) is 2.57. The van der Waals surface area contributed by atoms with Crippen LogP contribution in [0.15, 0.2) is 18.2 Å². The zero-order valence-electron chi connectivity index (χ0n) is 15.0. The summed E-state index contributed by atoms with van der Waals surface area (Å²) in [5.74, 6) is -0.261. The van der Waals surface area contributed by atoms with Crippen LogP contribution in [0.2, 0.25) is 0 Å². The second kappa shape index (κ2) is 7.44. The van der Waals surface area contributed by atoms with Gasteiger partial charge in [-0.3, -0.25) is 14.5 Å². The van der Waals surface area contributed by atoms with Crippen LogP contribution in [0.5, 0.6) is 5.75 Å². The molecule has 6 heteroatoms. The Kier molecular flexibility index (Phi) is 5.27. The van der Waals surface area contributed by atoms with Gasteiger partial charge in [0.1, 0.15) is 5.75 Å². The molecule has 0 radical (unpaired) electrons. The van der Waals surface area contributed by atoms with Crippen LogP contribution in [0, 0.1) is 12.8 Å². The highest BCUT2D eigenvalue weighted by molar-refractivity contribution is 5.97. The van der Waals surface area contributed by atoms with Gasteiger partial charge in [-0.15, -0.1) is 0 Å². The van der Waals surface area contributed by atoms with Crippen molar-refractivity contribution < 1.29 is 14.7 Å². The summed E-state index contributed by atoms with van der Waals surface area (Å²) in [4.78, 5) is 29.0. The summed E-state index contributed by atoms with van der Waals surface area (Å²) >= 11 is 0. The van der Waals surface area contributed by atoms with Crippen molar-refractivity contribution in [2.45, 2.75) is 39.2 Å². The molecule has 136 valence electrons. The number of nitrogens with one attached hydrogen (secondary N) is 1. The van der Waals surface area contributed by atoms with Crippen LogP contribution in [0.3, 0.4) is 0 Å². The fraction of sp³-hybridized carbons (Fsp3) is 0.579. The highest BCUT2D eigenvalue weighted by atomic mass is 16.3. The van der Waals surface area contributed by atoms with Crippen LogP contribution >= 0.6 is 0 Å². The van der Waals surface area contributed by atoms with Gasteiger partial charge in [-0.2, -0.15) is 0 Å². The standard InChI is InChI=1S/C19H27N3O3/c1-3-21-8-4-5-16(21)12-22-11-14(9-18(22)24)19(25)20-15-7-6-13(2)17(23)10-15/h6-7,10,14,16,23H,3-5,8-9,11-12H2,1-2H3,(H,20,25). The topological polar surface area (TPSA) is 72.9 Å². The molecule has 0 saturated carbocycles. The van der Waals surface area contributed by atoms with Gasteiger partial charge in [0.15, 0.2) is 0 Å². The number of nitrogens with zero attached hydrogens (tertiary/aromatic N) is 2. The van der Waals surface area contributed by atoms with Crippen LogP contribution in [-0.2, 0) is 9.59 Å². The second-order valence-electron chi connectivity index (χ2n) is 7.11. The fourth-order valence-electron chi connectivity index (χ4n) is 3.83. The zero-order valence-corrected chi connectivity index (χ0v) is 15.0. The number of amides is 2. The molecule has 2 aliphatic rings. The lowest BCUT2D eigenvalue weighted by atomic mass is 10.1. The van der Waals surface area contributed by atoms with Crippen molar-refractivity contribution in [3.8, 4) is 5.75 Å². The molecule has 6 nitrogen and oxygen atoms in total. The first-order valence-electron chi connectivity index (χ1n) is 9.10. The number of hydrogen-bond acceptors (Lipinski definition) is 4.